The molecule has 3 nitrogen and oxygen atoms in total. The number of rotatable bonds is 16. The van der Waals surface area contributed by atoms with Crippen LogP contribution in [-0.2, 0) is 14.3 Å². The molecule has 0 aromatic rings. The molecule has 0 aliphatic rings. The maximum Gasteiger partial charge on any atom is 0.314 e. The van der Waals surface area contributed by atoms with Gasteiger partial charge in [-0.25, -0.2) is 0 Å². The molecule has 0 heterocycles. The first-order chi connectivity index (χ1) is 11.2. The Morgan fingerprint density at radius 1 is 0.696 bits per heavy atom. The van der Waals surface area contributed by atoms with Crippen LogP contribution in [0.2, 0.25) is 0 Å². The second kappa shape index (κ2) is 17.7. The first-order valence-electron chi connectivity index (χ1n) is 9.52. The van der Waals surface area contributed by atoms with Crippen LogP contribution in [0.15, 0.2) is 0 Å². The minimum Gasteiger partial charge on any atom is -0.486 e. The predicted octanol–water partition coefficient (Wildman–Crippen LogP) is 5.98. The summed E-state index contributed by atoms with van der Waals surface area (Å²) >= 11 is 5.08. The molecule has 136 valence electrons. The fraction of sp³-hybridized carbons (Fsp3) is 0.895. The van der Waals surface area contributed by atoms with Crippen LogP contribution in [0.4, 0.5) is 0 Å². The van der Waals surface area contributed by atoms with Crippen LogP contribution in [0.1, 0.15) is 97.3 Å². The number of carbonyl (C=O) groups is 1. The van der Waals surface area contributed by atoms with Crippen molar-refractivity contribution in [2.75, 3.05) is 13.2 Å². The molecule has 23 heavy (non-hydrogen) atoms. The van der Waals surface area contributed by atoms with Crippen LogP contribution in [-0.4, -0.2) is 24.2 Å². The molecule has 0 bridgehead atoms. The summed E-state index contributed by atoms with van der Waals surface area (Å²) in [5.74, 6) is -0.258. The Hall–Kier alpha value is -0.640. The van der Waals surface area contributed by atoms with Gasteiger partial charge < -0.3 is 9.47 Å². The van der Waals surface area contributed by atoms with E-state index >= 15 is 0 Å². The first-order valence-corrected chi connectivity index (χ1v) is 9.92. The number of unbranched alkanes of at least 4 members (excludes halogenated alkanes) is 10. The Balaban J connectivity index is 3.36. The monoisotopic (exact) mass is 344 g/mol. The summed E-state index contributed by atoms with van der Waals surface area (Å²) in [6, 6.07) is 0. The second-order valence-electron chi connectivity index (χ2n) is 6.15. The Labute approximate surface area is 148 Å². The van der Waals surface area contributed by atoms with Gasteiger partial charge in [-0.1, -0.05) is 78.1 Å². The molecule has 0 saturated heterocycles. The maximum absolute atomic E-state index is 11.6. The molecule has 0 unspecified atom stereocenters. The Bertz CT molecular complexity index is 264. The fourth-order valence-electron chi connectivity index (χ4n) is 2.36. The number of esters is 1. The Morgan fingerprint density at radius 3 is 1.65 bits per heavy atom. The van der Waals surface area contributed by atoms with Crippen LogP contribution < -0.4 is 0 Å². The van der Waals surface area contributed by atoms with E-state index in [2.05, 4.69) is 13.8 Å². The van der Waals surface area contributed by atoms with Crippen molar-refractivity contribution in [1.29, 1.82) is 0 Å². The molecule has 0 rings (SSSR count). The molecular weight excluding hydrogens is 308 g/mol. The summed E-state index contributed by atoms with van der Waals surface area (Å²) in [5, 5.41) is 0.367. The van der Waals surface area contributed by atoms with Crippen molar-refractivity contribution < 1.29 is 14.3 Å². The largest absolute Gasteiger partial charge is 0.486 e. The smallest absolute Gasteiger partial charge is 0.314 e. The molecule has 0 aliphatic carbocycles. The van der Waals surface area contributed by atoms with Crippen molar-refractivity contribution in [2.45, 2.75) is 97.3 Å². The van der Waals surface area contributed by atoms with Crippen LogP contribution in [0.5, 0.6) is 0 Å². The topological polar surface area (TPSA) is 35.5 Å². The lowest BCUT2D eigenvalue weighted by Gasteiger charge is -2.08. The van der Waals surface area contributed by atoms with Gasteiger partial charge in [-0.3, -0.25) is 4.79 Å². The summed E-state index contributed by atoms with van der Waals surface area (Å²) in [4.78, 5) is 11.6. The molecule has 0 atom stereocenters. The first kappa shape index (κ1) is 22.4. The van der Waals surface area contributed by atoms with E-state index < -0.39 is 0 Å². The van der Waals surface area contributed by atoms with Crippen molar-refractivity contribution in [3.63, 3.8) is 0 Å². The third-order valence-corrected chi connectivity index (χ3v) is 4.07. The summed E-state index contributed by atoms with van der Waals surface area (Å²) in [6.07, 6.45) is 14.6. The molecule has 4 heteroatoms. The SMILES string of the molecule is CCCCCCCCOC(=O)CC(=S)OCCCCCCCC. The average molecular weight is 345 g/mol. The highest BCUT2D eigenvalue weighted by Gasteiger charge is 2.08. The third-order valence-electron chi connectivity index (χ3n) is 3.81. The molecule has 0 aromatic carbocycles. The lowest BCUT2D eigenvalue weighted by molar-refractivity contribution is -0.142. The van der Waals surface area contributed by atoms with E-state index in [1.807, 2.05) is 0 Å². The van der Waals surface area contributed by atoms with E-state index in [1.54, 1.807) is 0 Å². The van der Waals surface area contributed by atoms with E-state index in [4.69, 9.17) is 21.7 Å². The second-order valence-corrected chi connectivity index (χ2v) is 6.61. The van der Waals surface area contributed by atoms with Crippen LogP contribution in [0.3, 0.4) is 0 Å². The highest BCUT2D eigenvalue weighted by atomic mass is 32.1. The van der Waals surface area contributed by atoms with Gasteiger partial charge in [-0.2, -0.15) is 0 Å². The third kappa shape index (κ3) is 17.5. The lowest BCUT2D eigenvalue weighted by atomic mass is 10.1. The highest BCUT2D eigenvalue weighted by Crippen LogP contribution is 2.07. The van der Waals surface area contributed by atoms with E-state index in [0.717, 1.165) is 19.3 Å². The van der Waals surface area contributed by atoms with Crippen molar-refractivity contribution in [3.05, 3.63) is 0 Å². The van der Waals surface area contributed by atoms with E-state index in [1.165, 1.54) is 57.8 Å². The minimum absolute atomic E-state index is 0.112. The summed E-state index contributed by atoms with van der Waals surface area (Å²) < 4.78 is 10.6. The van der Waals surface area contributed by atoms with Gasteiger partial charge in [-0.05, 0) is 25.1 Å². The van der Waals surface area contributed by atoms with Gasteiger partial charge in [0.05, 0.1) is 13.2 Å². The van der Waals surface area contributed by atoms with Gasteiger partial charge in [0.1, 0.15) is 6.42 Å². The van der Waals surface area contributed by atoms with Gasteiger partial charge in [0.15, 0.2) is 5.05 Å². The zero-order chi connectivity index (χ0) is 17.2. The molecule has 0 saturated carbocycles. The predicted molar refractivity (Wildman–Crippen MR) is 101 cm³/mol. The van der Waals surface area contributed by atoms with E-state index in [-0.39, 0.29) is 12.4 Å². The normalized spacial score (nSPS) is 10.5. The molecule has 0 aliphatic heterocycles. The summed E-state index contributed by atoms with van der Waals surface area (Å²) in [5.41, 5.74) is 0. The highest BCUT2D eigenvalue weighted by molar-refractivity contribution is 7.80. The fourth-order valence-corrected chi connectivity index (χ4v) is 2.56. The van der Waals surface area contributed by atoms with Crippen LogP contribution in [0.25, 0.3) is 0 Å². The Kier molecular flexibility index (Phi) is 17.2. The van der Waals surface area contributed by atoms with Gasteiger partial charge in [0, 0.05) is 0 Å². The van der Waals surface area contributed by atoms with Crippen LogP contribution in [0, 0.1) is 0 Å². The number of carbonyl (C=O) groups excluding carboxylic acids is 1. The van der Waals surface area contributed by atoms with Crippen molar-refractivity contribution in [3.8, 4) is 0 Å². The van der Waals surface area contributed by atoms with Crippen molar-refractivity contribution in [1.82, 2.24) is 0 Å². The minimum atomic E-state index is -0.258. The number of thiocarbonyl (C=S) groups is 1. The van der Waals surface area contributed by atoms with E-state index in [9.17, 15) is 4.79 Å². The molecule has 0 fully saturated rings. The van der Waals surface area contributed by atoms with Gasteiger partial charge >= 0.3 is 5.97 Å². The van der Waals surface area contributed by atoms with Gasteiger partial charge in [-0.15, -0.1) is 0 Å². The average Bonchev–Trinajstić information content (AvgIpc) is 2.53. The van der Waals surface area contributed by atoms with Crippen molar-refractivity contribution in [2.24, 2.45) is 0 Å². The number of hydrogen-bond acceptors (Lipinski definition) is 4. The molecule has 0 spiro atoms. The number of ether oxygens (including phenoxy) is 2. The standard InChI is InChI=1S/C19H36O3S/c1-3-5-7-9-11-13-15-21-18(20)17-19(23)22-16-14-12-10-8-6-4-2/h3-17H2,1-2H3. The summed E-state index contributed by atoms with van der Waals surface area (Å²) in [6.45, 7) is 5.55. The van der Waals surface area contributed by atoms with Gasteiger partial charge in [0.25, 0.3) is 0 Å². The van der Waals surface area contributed by atoms with Crippen molar-refractivity contribution >= 4 is 23.2 Å². The van der Waals surface area contributed by atoms with Gasteiger partial charge in [0.2, 0.25) is 0 Å². The zero-order valence-electron chi connectivity index (χ0n) is 15.2. The lowest BCUT2D eigenvalue weighted by Crippen LogP contribution is -2.13. The van der Waals surface area contributed by atoms with E-state index in [0.29, 0.717) is 18.3 Å². The maximum atomic E-state index is 11.6. The number of hydrogen-bond donors (Lipinski definition) is 0. The molecule has 0 aromatic heterocycles. The molecule has 0 N–H and O–H groups in total. The van der Waals surface area contributed by atoms with Crippen LogP contribution >= 0.6 is 12.2 Å². The molecular formula is C19H36O3S. The summed E-state index contributed by atoms with van der Waals surface area (Å²) in [7, 11) is 0. The Morgan fingerprint density at radius 2 is 1.13 bits per heavy atom. The molecule has 0 amide bonds. The zero-order valence-corrected chi connectivity index (χ0v) is 16.1. The molecule has 0 radical (unpaired) electrons. The quantitative estimate of drug-likeness (QED) is 0.196.